The summed E-state index contributed by atoms with van der Waals surface area (Å²) in [7, 11) is 0. The number of hydrogen-bond donors (Lipinski definition) is 2. The van der Waals surface area contributed by atoms with Crippen LogP contribution in [0.2, 0.25) is 0 Å². The molecule has 18 heavy (non-hydrogen) atoms. The molecule has 4 nitrogen and oxygen atoms in total. The molecule has 1 heterocycles. The van der Waals surface area contributed by atoms with Crippen LogP contribution in [-0.4, -0.2) is 40.9 Å². The first kappa shape index (κ1) is 15.6. The number of rotatable bonds is 5. The van der Waals surface area contributed by atoms with Gasteiger partial charge >= 0.3 is 0 Å². The van der Waals surface area contributed by atoms with Crippen LogP contribution in [0.3, 0.4) is 0 Å². The van der Waals surface area contributed by atoms with Crippen LogP contribution in [0.4, 0.5) is 0 Å². The van der Waals surface area contributed by atoms with E-state index in [0.29, 0.717) is 5.92 Å². The quantitative estimate of drug-likeness (QED) is 0.737. The summed E-state index contributed by atoms with van der Waals surface area (Å²) >= 11 is 0. The van der Waals surface area contributed by atoms with E-state index in [9.17, 15) is 5.11 Å². The third-order valence-electron chi connectivity index (χ3n) is 3.06. The number of ether oxygens (including phenoxy) is 2. The summed E-state index contributed by atoms with van der Waals surface area (Å²) in [6, 6.07) is 0. The molecule has 1 rings (SSSR count). The van der Waals surface area contributed by atoms with Gasteiger partial charge in [-0.15, -0.1) is 0 Å². The fourth-order valence-corrected chi connectivity index (χ4v) is 1.99. The summed E-state index contributed by atoms with van der Waals surface area (Å²) in [5.74, 6) is -0.514. The Morgan fingerprint density at radius 1 is 1.22 bits per heavy atom. The van der Waals surface area contributed by atoms with Crippen molar-refractivity contribution in [3.05, 3.63) is 12.2 Å². The molecule has 0 unspecified atom stereocenters. The highest BCUT2D eigenvalue weighted by Crippen LogP contribution is 2.32. The Morgan fingerprint density at radius 3 is 2.33 bits per heavy atom. The van der Waals surface area contributed by atoms with Gasteiger partial charge < -0.3 is 19.7 Å². The Labute approximate surface area is 110 Å². The second-order valence-corrected chi connectivity index (χ2v) is 5.84. The smallest absolute Gasteiger partial charge is 0.164 e. The van der Waals surface area contributed by atoms with Gasteiger partial charge in [-0.05, 0) is 19.8 Å². The van der Waals surface area contributed by atoms with Crippen LogP contribution >= 0.6 is 0 Å². The molecule has 0 aromatic carbocycles. The Balaban J connectivity index is 2.79. The summed E-state index contributed by atoms with van der Waals surface area (Å²) in [5.41, 5.74) is 0. The van der Waals surface area contributed by atoms with Gasteiger partial charge in [0.25, 0.3) is 0 Å². The molecule has 106 valence electrons. The highest BCUT2D eigenvalue weighted by molar-refractivity contribution is 5.01. The molecule has 0 aliphatic carbocycles. The summed E-state index contributed by atoms with van der Waals surface area (Å²) < 4.78 is 11.5. The average molecular weight is 258 g/mol. The predicted molar refractivity (Wildman–Crippen MR) is 70.1 cm³/mol. The Bertz CT molecular complexity index is 286. The molecule has 0 aromatic rings. The lowest BCUT2D eigenvalue weighted by atomic mass is 9.96. The van der Waals surface area contributed by atoms with Gasteiger partial charge in [-0.2, -0.15) is 0 Å². The molecule has 0 amide bonds. The first-order valence-electron chi connectivity index (χ1n) is 6.59. The van der Waals surface area contributed by atoms with Crippen molar-refractivity contribution in [1.29, 1.82) is 0 Å². The first-order valence-corrected chi connectivity index (χ1v) is 6.59. The van der Waals surface area contributed by atoms with Crippen molar-refractivity contribution in [3.8, 4) is 0 Å². The fraction of sp³-hybridized carbons (Fsp3) is 0.857. The SMILES string of the molecule is CC(C)/C=C/[C@H]1OC(C)(C)O[C@@H]1[C@@H](O)[C@@H](C)CO. The lowest BCUT2D eigenvalue weighted by Gasteiger charge is -2.25. The van der Waals surface area contributed by atoms with Crippen LogP contribution in [-0.2, 0) is 9.47 Å². The standard InChI is InChI=1S/C14H26O4/c1-9(2)6-7-11-13(12(16)10(3)8-15)18-14(4,5)17-11/h6-7,9-13,15-16H,8H2,1-5H3/b7-6+/t10-,11+,12-,13-/m0/s1. The van der Waals surface area contributed by atoms with Gasteiger partial charge in [0.1, 0.15) is 12.2 Å². The minimum absolute atomic E-state index is 0.0674. The second-order valence-electron chi connectivity index (χ2n) is 5.84. The molecule has 2 N–H and O–H groups in total. The van der Waals surface area contributed by atoms with Crippen LogP contribution in [0.25, 0.3) is 0 Å². The monoisotopic (exact) mass is 258 g/mol. The van der Waals surface area contributed by atoms with Crippen LogP contribution in [0.1, 0.15) is 34.6 Å². The van der Waals surface area contributed by atoms with E-state index < -0.39 is 18.0 Å². The summed E-state index contributed by atoms with van der Waals surface area (Å²) in [6.45, 7) is 9.56. The number of allylic oxidation sites excluding steroid dienone is 1. The lowest BCUT2D eigenvalue weighted by Crippen LogP contribution is -2.40. The minimum Gasteiger partial charge on any atom is -0.396 e. The van der Waals surface area contributed by atoms with Gasteiger partial charge in [0.15, 0.2) is 5.79 Å². The van der Waals surface area contributed by atoms with Gasteiger partial charge in [-0.1, -0.05) is 32.9 Å². The molecule has 1 fully saturated rings. The molecule has 4 atom stereocenters. The normalized spacial score (nSPS) is 31.1. The van der Waals surface area contributed by atoms with Crippen molar-refractivity contribution in [2.45, 2.75) is 58.7 Å². The summed E-state index contributed by atoms with van der Waals surface area (Å²) in [4.78, 5) is 0. The molecule has 0 bridgehead atoms. The van der Waals surface area contributed by atoms with Crippen LogP contribution in [0.15, 0.2) is 12.2 Å². The highest BCUT2D eigenvalue weighted by Gasteiger charge is 2.44. The maximum absolute atomic E-state index is 10.2. The predicted octanol–water partition coefficient (Wildman–Crippen LogP) is 1.71. The van der Waals surface area contributed by atoms with Gasteiger partial charge in [0.05, 0.1) is 6.10 Å². The van der Waals surface area contributed by atoms with Crippen molar-refractivity contribution >= 4 is 0 Å². The van der Waals surface area contributed by atoms with Crippen molar-refractivity contribution < 1.29 is 19.7 Å². The Kier molecular flexibility index (Phi) is 5.34. The third-order valence-corrected chi connectivity index (χ3v) is 3.06. The molecule has 1 saturated heterocycles. The van der Waals surface area contributed by atoms with E-state index >= 15 is 0 Å². The molecular formula is C14H26O4. The Hall–Kier alpha value is -0.420. The van der Waals surface area contributed by atoms with Gasteiger partial charge in [0.2, 0.25) is 0 Å². The molecule has 0 radical (unpaired) electrons. The van der Waals surface area contributed by atoms with Crippen molar-refractivity contribution in [3.63, 3.8) is 0 Å². The summed E-state index contributed by atoms with van der Waals surface area (Å²) in [6.07, 6.45) is 2.54. The lowest BCUT2D eigenvalue weighted by molar-refractivity contribution is -0.157. The largest absolute Gasteiger partial charge is 0.396 e. The van der Waals surface area contributed by atoms with E-state index in [0.717, 1.165) is 0 Å². The first-order chi connectivity index (χ1) is 8.26. The second kappa shape index (κ2) is 6.15. The van der Waals surface area contributed by atoms with E-state index in [1.165, 1.54) is 0 Å². The van der Waals surface area contributed by atoms with Gasteiger partial charge in [-0.25, -0.2) is 0 Å². The van der Waals surface area contributed by atoms with Gasteiger partial charge in [0, 0.05) is 12.5 Å². The molecular weight excluding hydrogens is 232 g/mol. The zero-order valence-electron chi connectivity index (χ0n) is 12.0. The molecule has 1 aliphatic rings. The molecule has 0 saturated carbocycles. The van der Waals surface area contributed by atoms with E-state index in [1.807, 2.05) is 26.0 Å². The van der Waals surface area contributed by atoms with Crippen molar-refractivity contribution in [2.24, 2.45) is 11.8 Å². The average Bonchev–Trinajstić information content (AvgIpc) is 2.60. The van der Waals surface area contributed by atoms with E-state index in [4.69, 9.17) is 14.6 Å². The molecule has 1 aliphatic heterocycles. The maximum atomic E-state index is 10.2. The van der Waals surface area contributed by atoms with E-state index in [1.54, 1.807) is 6.92 Å². The molecule has 4 heteroatoms. The molecule has 0 spiro atoms. The summed E-state index contributed by atoms with van der Waals surface area (Å²) in [5, 5.41) is 19.3. The van der Waals surface area contributed by atoms with Crippen LogP contribution < -0.4 is 0 Å². The zero-order valence-corrected chi connectivity index (χ0v) is 12.0. The third kappa shape index (κ3) is 4.05. The van der Waals surface area contributed by atoms with E-state index in [-0.39, 0.29) is 18.6 Å². The van der Waals surface area contributed by atoms with E-state index in [2.05, 4.69) is 13.8 Å². The number of hydrogen-bond acceptors (Lipinski definition) is 4. The topological polar surface area (TPSA) is 58.9 Å². The van der Waals surface area contributed by atoms with Crippen LogP contribution in [0.5, 0.6) is 0 Å². The van der Waals surface area contributed by atoms with Crippen molar-refractivity contribution in [2.75, 3.05) is 6.61 Å². The van der Waals surface area contributed by atoms with Crippen molar-refractivity contribution in [1.82, 2.24) is 0 Å². The number of aliphatic hydroxyl groups is 2. The minimum atomic E-state index is -0.737. The van der Waals surface area contributed by atoms with Crippen LogP contribution in [0, 0.1) is 11.8 Å². The Morgan fingerprint density at radius 2 is 1.83 bits per heavy atom. The highest BCUT2D eigenvalue weighted by atomic mass is 16.8. The molecule has 0 aromatic heterocycles. The zero-order chi connectivity index (χ0) is 13.9. The fourth-order valence-electron chi connectivity index (χ4n) is 1.99. The van der Waals surface area contributed by atoms with Gasteiger partial charge in [-0.3, -0.25) is 0 Å². The number of aliphatic hydroxyl groups excluding tert-OH is 2. The maximum Gasteiger partial charge on any atom is 0.164 e.